The molecule has 0 heterocycles. The minimum atomic E-state index is -0.624. The van der Waals surface area contributed by atoms with Crippen LogP contribution in [0, 0.1) is 0 Å². The molecule has 0 aromatic heterocycles. The Labute approximate surface area is 113 Å². The Hall–Kier alpha value is -1.59. The predicted octanol–water partition coefficient (Wildman–Crippen LogP) is 1.27. The average molecular weight is 267 g/mol. The quantitative estimate of drug-likeness (QED) is 0.696. The molecule has 106 valence electrons. The molecule has 1 aromatic rings. The molecule has 0 aliphatic carbocycles. The van der Waals surface area contributed by atoms with E-state index in [0.29, 0.717) is 24.5 Å². The van der Waals surface area contributed by atoms with Gasteiger partial charge in [0.25, 0.3) is 5.91 Å². The fourth-order valence-electron chi connectivity index (χ4n) is 1.60. The number of para-hydroxylation sites is 1. The Balaban J connectivity index is 2.38. The third-order valence-electron chi connectivity index (χ3n) is 2.58. The highest BCUT2D eigenvalue weighted by Gasteiger charge is 2.09. The second-order valence-corrected chi connectivity index (χ2v) is 4.20. The molecule has 1 unspecified atom stereocenters. The van der Waals surface area contributed by atoms with E-state index in [1.165, 1.54) is 0 Å². The molecule has 0 radical (unpaired) electrons. The van der Waals surface area contributed by atoms with Gasteiger partial charge in [0.2, 0.25) is 0 Å². The first-order chi connectivity index (χ1) is 9.15. The summed E-state index contributed by atoms with van der Waals surface area (Å²) >= 11 is 0. The molecule has 1 rings (SSSR count). The number of benzene rings is 1. The Morgan fingerprint density at radius 2 is 2.16 bits per heavy atom. The van der Waals surface area contributed by atoms with Crippen molar-refractivity contribution < 1.29 is 19.4 Å². The van der Waals surface area contributed by atoms with Gasteiger partial charge in [-0.2, -0.15) is 0 Å². The number of aliphatic hydroxyl groups excluding tert-OH is 1. The summed E-state index contributed by atoms with van der Waals surface area (Å²) in [5.74, 6) is 0.348. The largest absolute Gasteiger partial charge is 0.483 e. The van der Waals surface area contributed by atoms with E-state index in [0.717, 1.165) is 6.42 Å². The summed E-state index contributed by atoms with van der Waals surface area (Å²) in [6.07, 6.45) is 0.146. The van der Waals surface area contributed by atoms with Gasteiger partial charge in [-0.3, -0.25) is 4.79 Å². The molecule has 1 atom stereocenters. The molecule has 0 bridgehead atoms. The molecule has 5 nitrogen and oxygen atoms in total. The van der Waals surface area contributed by atoms with E-state index >= 15 is 0 Å². The van der Waals surface area contributed by atoms with Crippen molar-refractivity contribution in [2.24, 2.45) is 0 Å². The van der Waals surface area contributed by atoms with Crippen LogP contribution in [0.15, 0.2) is 24.3 Å². The van der Waals surface area contributed by atoms with Crippen molar-refractivity contribution in [2.75, 3.05) is 26.9 Å². The van der Waals surface area contributed by atoms with Crippen molar-refractivity contribution in [3.63, 3.8) is 0 Å². The van der Waals surface area contributed by atoms with Crippen LogP contribution in [0.5, 0.6) is 5.75 Å². The van der Waals surface area contributed by atoms with Gasteiger partial charge in [-0.25, -0.2) is 0 Å². The molecule has 0 saturated heterocycles. The summed E-state index contributed by atoms with van der Waals surface area (Å²) in [7, 11) is 1.62. The highest BCUT2D eigenvalue weighted by Crippen LogP contribution is 2.24. The lowest BCUT2D eigenvalue weighted by Crippen LogP contribution is -2.30. The monoisotopic (exact) mass is 267 g/mol. The number of methoxy groups -OCH3 is 1. The Kier molecular flexibility index (Phi) is 6.92. The summed E-state index contributed by atoms with van der Waals surface area (Å²) in [6.45, 7) is 2.78. The number of hydrogen-bond acceptors (Lipinski definition) is 4. The summed E-state index contributed by atoms with van der Waals surface area (Å²) in [5.41, 5.74) is 0.676. The smallest absolute Gasteiger partial charge is 0.257 e. The van der Waals surface area contributed by atoms with E-state index in [9.17, 15) is 9.90 Å². The maximum atomic E-state index is 11.5. The molecule has 2 N–H and O–H groups in total. The fraction of sp³-hybridized carbons (Fsp3) is 0.500. The van der Waals surface area contributed by atoms with E-state index in [-0.39, 0.29) is 12.5 Å². The third-order valence-corrected chi connectivity index (χ3v) is 2.58. The van der Waals surface area contributed by atoms with Crippen LogP contribution in [-0.2, 0) is 9.53 Å². The van der Waals surface area contributed by atoms with Crippen molar-refractivity contribution in [3.8, 4) is 5.75 Å². The van der Waals surface area contributed by atoms with Gasteiger partial charge in [0.15, 0.2) is 6.61 Å². The zero-order valence-electron chi connectivity index (χ0n) is 11.4. The van der Waals surface area contributed by atoms with Gasteiger partial charge in [-0.15, -0.1) is 0 Å². The number of ether oxygens (including phenoxy) is 2. The number of carbonyl (C=O) groups is 1. The van der Waals surface area contributed by atoms with Crippen molar-refractivity contribution in [1.29, 1.82) is 0 Å². The van der Waals surface area contributed by atoms with Crippen LogP contribution in [0.25, 0.3) is 0 Å². The summed E-state index contributed by atoms with van der Waals surface area (Å²) in [5, 5.41) is 12.3. The fourth-order valence-corrected chi connectivity index (χ4v) is 1.60. The summed E-state index contributed by atoms with van der Waals surface area (Å²) in [6, 6.07) is 7.13. The lowest BCUT2D eigenvalue weighted by molar-refractivity contribution is -0.123. The van der Waals surface area contributed by atoms with Gasteiger partial charge in [0, 0.05) is 25.8 Å². The minimum absolute atomic E-state index is 0.0588. The zero-order chi connectivity index (χ0) is 14.1. The third kappa shape index (κ3) is 5.72. The maximum absolute atomic E-state index is 11.5. The van der Waals surface area contributed by atoms with Gasteiger partial charge < -0.3 is 19.9 Å². The lowest BCUT2D eigenvalue weighted by atomic mass is 10.1. The molecule has 1 aromatic carbocycles. The number of carbonyl (C=O) groups excluding carboxylic acids is 1. The molecule has 0 spiro atoms. The molecule has 0 fully saturated rings. The van der Waals surface area contributed by atoms with Crippen molar-refractivity contribution in [2.45, 2.75) is 19.4 Å². The second-order valence-electron chi connectivity index (χ2n) is 4.20. The Bertz CT molecular complexity index is 393. The van der Waals surface area contributed by atoms with Crippen molar-refractivity contribution in [3.05, 3.63) is 29.8 Å². The van der Waals surface area contributed by atoms with E-state index in [4.69, 9.17) is 9.47 Å². The summed E-state index contributed by atoms with van der Waals surface area (Å²) in [4.78, 5) is 11.5. The molecule has 1 amide bonds. The maximum Gasteiger partial charge on any atom is 0.257 e. The first-order valence-electron chi connectivity index (χ1n) is 6.30. The molecule has 0 aliphatic rings. The first kappa shape index (κ1) is 15.5. The lowest BCUT2D eigenvalue weighted by Gasteiger charge is -2.13. The van der Waals surface area contributed by atoms with Crippen LogP contribution in [0.2, 0.25) is 0 Å². The van der Waals surface area contributed by atoms with Crippen molar-refractivity contribution in [1.82, 2.24) is 5.32 Å². The van der Waals surface area contributed by atoms with E-state index in [2.05, 4.69) is 5.32 Å². The number of aliphatic hydroxyl groups is 1. The standard InChI is InChI=1S/C14H21NO4/c1-11(16)12-6-3-4-7-13(12)19-10-14(17)15-8-5-9-18-2/h3-4,6-7,11,16H,5,8-10H2,1-2H3,(H,15,17). The number of hydrogen-bond donors (Lipinski definition) is 2. The zero-order valence-corrected chi connectivity index (χ0v) is 11.4. The Morgan fingerprint density at radius 3 is 2.84 bits per heavy atom. The second kappa shape index (κ2) is 8.50. The molecule has 0 aliphatic heterocycles. The van der Waals surface area contributed by atoms with E-state index in [1.807, 2.05) is 6.07 Å². The van der Waals surface area contributed by atoms with Crippen LogP contribution in [0.4, 0.5) is 0 Å². The highest BCUT2D eigenvalue weighted by molar-refractivity contribution is 5.77. The SMILES string of the molecule is COCCCNC(=O)COc1ccccc1C(C)O. The van der Waals surface area contributed by atoms with Gasteiger partial charge in [0.05, 0.1) is 6.10 Å². The number of rotatable bonds is 8. The van der Waals surface area contributed by atoms with Crippen LogP contribution in [0.1, 0.15) is 25.0 Å². The molecule has 19 heavy (non-hydrogen) atoms. The minimum Gasteiger partial charge on any atom is -0.483 e. The van der Waals surface area contributed by atoms with Crippen LogP contribution < -0.4 is 10.1 Å². The van der Waals surface area contributed by atoms with Gasteiger partial charge in [-0.05, 0) is 19.4 Å². The highest BCUT2D eigenvalue weighted by atomic mass is 16.5. The summed E-state index contributed by atoms with van der Waals surface area (Å²) < 4.78 is 10.3. The topological polar surface area (TPSA) is 67.8 Å². The predicted molar refractivity (Wildman–Crippen MR) is 72.1 cm³/mol. The van der Waals surface area contributed by atoms with Crippen molar-refractivity contribution >= 4 is 5.91 Å². The molecular weight excluding hydrogens is 246 g/mol. The number of amides is 1. The normalized spacial score (nSPS) is 11.9. The number of nitrogens with one attached hydrogen (secondary N) is 1. The first-order valence-corrected chi connectivity index (χ1v) is 6.30. The molecular formula is C14H21NO4. The van der Waals surface area contributed by atoms with Crippen LogP contribution in [-0.4, -0.2) is 37.9 Å². The Morgan fingerprint density at radius 1 is 1.42 bits per heavy atom. The van der Waals surface area contributed by atoms with Gasteiger partial charge in [-0.1, -0.05) is 18.2 Å². The van der Waals surface area contributed by atoms with E-state index in [1.54, 1.807) is 32.2 Å². The van der Waals surface area contributed by atoms with Gasteiger partial charge in [0.1, 0.15) is 5.75 Å². The molecule has 5 heteroatoms. The van der Waals surface area contributed by atoms with Crippen LogP contribution >= 0.6 is 0 Å². The molecule has 0 saturated carbocycles. The van der Waals surface area contributed by atoms with E-state index < -0.39 is 6.10 Å². The average Bonchev–Trinajstić information content (AvgIpc) is 2.41. The van der Waals surface area contributed by atoms with Crippen LogP contribution in [0.3, 0.4) is 0 Å². The van der Waals surface area contributed by atoms with Gasteiger partial charge >= 0.3 is 0 Å².